The van der Waals surface area contributed by atoms with E-state index in [1.165, 1.54) is 6.92 Å². The van der Waals surface area contributed by atoms with E-state index in [-0.39, 0.29) is 19.3 Å². The first-order valence-corrected chi connectivity index (χ1v) is 19.0. The van der Waals surface area contributed by atoms with E-state index in [0.29, 0.717) is 16.5 Å². The molecule has 0 spiro atoms. The molecule has 0 saturated heterocycles. The van der Waals surface area contributed by atoms with Gasteiger partial charge in [0.2, 0.25) is 41.4 Å². The van der Waals surface area contributed by atoms with Gasteiger partial charge in [-0.05, 0) is 43.7 Å². The molecule has 20 nitrogen and oxygen atoms in total. The lowest BCUT2D eigenvalue weighted by molar-refractivity contribution is -0.144. The van der Waals surface area contributed by atoms with Gasteiger partial charge in [0.25, 0.3) is 0 Å². The number of hydrogen-bond acceptors (Lipinski definition) is 11. The van der Waals surface area contributed by atoms with Gasteiger partial charge in [0.15, 0.2) is 0 Å². The molecule has 0 radical (unpaired) electrons. The maximum absolute atomic E-state index is 14.0. The lowest BCUT2D eigenvalue weighted by Crippen LogP contribution is -2.64. The molecule has 58 heavy (non-hydrogen) atoms. The number of H-pyrrole nitrogens is 1. The van der Waals surface area contributed by atoms with Crippen molar-refractivity contribution >= 4 is 58.2 Å². The number of hydrogen-bond donors (Lipinski definition) is 12. The molecule has 1 aromatic carbocycles. The summed E-state index contributed by atoms with van der Waals surface area (Å²) in [7, 11) is 0. The Morgan fingerprint density at radius 3 is 1.76 bits per heavy atom. The average molecular weight is 819 g/mol. The number of para-hydroxylation sites is 1. The predicted octanol–water partition coefficient (Wildman–Crippen LogP) is -2.19. The summed E-state index contributed by atoms with van der Waals surface area (Å²) in [5.41, 5.74) is 6.57. The maximum Gasteiger partial charge on any atom is 0.326 e. The Hall–Kier alpha value is -5.60. The first-order valence-electron chi connectivity index (χ1n) is 19.0. The Labute approximate surface area is 335 Å². The number of aromatic nitrogens is 1. The molecule has 20 heteroatoms. The first kappa shape index (κ1) is 48.5. The number of carbonyl (C=O) groups is 8. The van der Waals surface area contributed by atoms with Crippen molar-refractivity contribution in [1.82, 2.24) is 36.9 Å². The summed E-state index contributed by atoms with van der Waals surface area (Å²) >= 11 is 0. The third-order valence-electron chi connectivity index (χ3n) is 9.61. The van der Waals surface area contributed by atoms with Crippen LogP contribution in [-0.4, -0.2) is 127 Å². The fraction of sp³-hybridized carbons (Fsp3) is 0.579. The van der Waals surface area contributed by atoms with Gasteiger partial charge in [-0.25, -0.2) is 4.79 Å². The SMILES string of the molecule is CC[C@H](C)[C@H](NC(=O)[C@H](CCC(N)=O)NC(=O)[C@@H](NC(C)=O)[C@@H](C)O)C(=O)N[C@H](C(=O)N[C@@H](Cc1c[nH]c2ccccc12)C(=O)N[C@H](C(=O)O)C(C)C)[C@@H](O)[C@@H](C)O. The largest absolute Gasteiger partial charge is 0.480 e. The van der Waals surface area contributed by atoms with Crippen LogP contribution in [0.1, 0.15) is 73.3 Å². The number of amides is 7. The third-order valence-corrected chi connectivity index (χ3v) is 9.61. The number of nitrogens with two attached hydrogens (primary N) is 1. The Bertz CT molecular complexity index is 1780. The number of aliphatic carboxylic acids is 1. The predicted molar refractivity (Wildman–Crippen MR) is 209 cm³/mol. The van der Waals surface area contributed by atoms with Gasteiger partial charge in [-0.2, -0.15) is 0 Å². The number of benzene rings is 1. The van der Waals surface area contributed by atoms with Crippen molar-refractivity contribution in [2.75, 3.05) is 0 Å². The van der Waals surface area contributed by atoms with E-state index in [1.54, 1.807) is 58.2 Å². The fourth-order valence-corrected chi connectivity index (χ4v) is 5.98. The summed E-state index contributed by atoms with van der Waals surface area (Å²) in [4.78, 5) is 107. The quantitative estimate of drug-likeness (QED) is 0.0569. The van der Waals surface area contributed by atoms with E-state index in [2.05, 4.69) is 36.9 Å². The van der Waals surface area contributed by atoms with Crippen LogP contribution in [0.3, 0.4) is 0 Å². The second-order valence-corrected chi connectivity index (χ2v) is 14.8. The van der Waals surface area contributed by atoms with Crippen molar-refractivity contribution in [2.24, 2.45) is 17.6 Å². The van der Waals surface area contributed by atoms with E-state index >= 15 is 0 Å². The molecule has 0 aliphatic heterocycles. The van der Waals surface area contributed by atoms with Crippen molar-refractivity contribution in [3.05, 3.63) is 36.0 Å². The lowest BCUT2D eigenvalue weighted by Gasteiger charge is -2.31. The topological polar surface area (TPSA) is 331 Å². The number of aliphatic hydroxyl groups excluding tert-OH is 3. The zero-order chi connectivity index (χ0) is 44.0. The molecule has 0 saturated carbocycles. The molecule has 10 atom stereocenters. The highest BCUT2D eigenvalue weighted by Gasteiger charge is 2.39. The summed E-state index contributed by atoms with van der Waals surface area (Å²) in [6.45, 7) is 9.91. The number of rotatable bonds is 23. The van der Waals surface area contributed by atoms with Crippen LogP contribution in [0.15, 0.2) is 30.5 Å². The van der Waals surface area contributed by atoms with Crippen LogP contribution >= 0.6 is 0 Å². The monoisotopic (exact) mass is 818 g/mol. The molecule has 1 aromatic heterocycles. The number of carboxylic acid groups (broad SMARTS) is 1. The molecule has 0 fully saturated rings. The molecule has 0 aliphatic carbocycles. The van der Waals surface area contributed by atoms with Gasteiger partial charge in [0, 0.05) is 36.9 Å². The summed E-state index contributed by atoms with van der Waals surface area (Å²) in [5.74, 6) is -9.03. The summed E-state index contributed by atoms with van der Waals surface area (Å²) in [6, 6.07) is -2.10. The second-order valence-electron chi connectivity index (χ2n) is 14.8. The van der Waals surface area contributed by atoms with Crippen LogP contribution in [0.2, 0.25) is 0 Å². The van der Waals surface area contributed by atoms with Crippen LogP contribution < -0.4 is 37.6 Å². The minimum absolute atomic E-state index is 0.167. The van der Waals surface area contributed by atoms with E-state index in [9.17, 15) is 58.8 Å². The standard InChI is InChI=1S/C38H58N8O12/c1-8-18(4)29(45-33(52)25(13-14-27(39)50)42-36(55)30(19(5)47)41-21(7)49)35(54)46-31(32(51)20(6)48)37(56)43-26(34(53)44-28(17(2)3)38(57)58)15-22-16-40-24-12-10-9-11-23(22)24/h9-12,16-20,25-26,28-32,40,47-48,51H,8,13-15H2,1-7H3,(H2,39,50)(H,41,49)(H,42,55)(H,43,56)(H,44,53)(H,45,52)(H,46,54)(H,57,58)/t18-,19+,20+,25-,26-,28-,29-,30-,31-,32-/m0/s1. The number of fused-ring (bicyclic) bond motifs is 1. The van der Waals surface area contributed by atoms with E-state index in [4.69, 9.17) is 5.73 Å². The number of carboxylic acids is 1. The van der Waals surface area contributed by atoms with Gasteiger partial charge >= 0.3 is 5.97 Å². The molecule has 0 aliphatic rings. The number of aromatic amines is 1. The van der Waals surface area contributed by atoms with Gasteiger partial charge in [0.1, 0.15) is 42.4 Å². The van der Waals surface area contributed by atoms with E-state index in [1.807, 2.05) is 0 Å². The average Bonchev–Trinajstić information content (AvgIpc) is 3.56. The van der Waals surface area contributed by atoms with Crippen LogP contribution in [0.4, 0.5) is 0 Å². The highest BCUT2D eigenvalue weighted by molar-refractivity contribution is 5.97. The minimum atomic E-state index is -1.97. The lowest BCUT2D eigenvalue weighted by atomic mass is 9.96. The van der Waals surface area contributed by atoms with Crippen LogP contribution in [-0.2, 0) is 44.8 Å². The highest BCUT2D eigenvalue weighted by Crippen LogP contribution is 2.20. The molecular formula is C38H58N8O12. The Morgan fingerprint density at radius 1 is 0.690 bits per heavy atom. The fourth-order valence-electron chi connectivity index (χ4n) is 5.98. The smallest absolute Gasteiger partial charge is 0.326 e. The minimum Gasteiger partial charge on any atom is -0.480 e. The maximum atomic E-state index is 14.0. The molecule has 0 bridgehead atoms. The second kappa shape index (κ2) is 22.4. The normalized spacial score (nSPS) is 16.5. The van der Waals surface area contributed by atoms with Gasteiger partial charge in [-0.1, -0.05) is 52.3 Å². The first-order chi connectivity index (χ1) is 27.1. The van der Waals surface area contributed by atoms with Gasteiger partial charge in [-0.3, -0.25) is 33.6 Å². The molecule has 0 unspecified atom stereocenters. The Kier molecular flexibility index (Phi) is 18.7. The van der Waals surface area contributed by atoms with Crippen LogP contribution in [0, 0.1) is 11.8 Å². The highest BCUT2D eigenvalue weighted by atomic mass is 16.4. The summed E-state index contributed by atoms with van der Waals surface area (Å²) < 4.78 is 0. The zero-order valence-electron chi connectivity index (χ0n) is 33.7. The van der Waals surface area contributed by atoms with Crippen molar-refractivity contribution in [3.63, 3.8) is 0 Å². The van der Waals surface area contributed by atoms with Crippen LogP contribution in [0.5, 0.6) is 0 Å². The van der Waals surface area contributed by atoms with E-state index in [0.717, 1.165) is 13.8 Å². The van der Waals surface area contributed by atoms with E-state index < -0.39 is 120 Å². The molecule has 322 valence electrons. The Morgan fingerprint density at radius 2 is 1.22 bits per heavy atom. The molecule has 7 amide bonds. The zero-order valence-corrected chi connectivity index (χ0v) is 33.7. The molecule has 13 N–H and O–H groups in total. The number of carbonyl (C=O) groups excluding carboxylic acids is 7. The molecule has 1 heterocycles. The van der Waals surface area contributed by atoms with Gasteiger partial charge < -0.3 is 63.0 Å². The van der Waals surface area contributed by atoms with Crippen molar-refractivity contribution in [1.29, 1.82) is 0 Å². The van der Waals surface area contributed by atoms with Crippen molar-refractivity contribution < 1.29 is 58.8 Å². The van der Waals surface area contributed by atoms with Crippen LogP contribution in [0.25, 0.3) is 10.9 Å². The summed E-state index contributed by atoms with van der Waals surface area (Å²) in [6.07, 6.45) is -4.01. The van der Waals surface area contributed by atoms with Crippen molar-refractivity contribution in [2.45, 2.75) is 129 Å². The molecule has 2 rings (SSSR count). The number of nitrogens with one attached hydrogen (secondary N) is 7. The number of aliphatic hydroxyl groups is 3. The summed E-state index contributed by atoms with van der Waals surface area (Å²) in [5, 5.41) is 56.4. The third kappa shape index (κ3) is 14.1. The number of primary amides is 1. The molecular weight excluding hydrogens is 760 g/mol. The van der Waals surface area contributed by atoms with Crippen molar-refractivity contribution in [3.8, 4) is 0 Å². The molecule has 2 aromatic rings. The van der Waals surface area contributed by atoms with Gasteiger partial charge in [0.05, 0.1) is 12.2 Å². The Balaban J connectivity index is 2.48. The van der Waals surface area contributed by atoms with Gasteiger partial charge in [-0.15, -0.1) is 0 Å².